The predicted octanol–water partition coefficient (Wildman–Crippen LogP) is 3.34. The molecule has 3 rings (SSSR count). The van der Waals surface area contributed by atoms with Gasteiger partial charge in [-0.25, -0.2) is 17.2 Å². The summed E-state index contributed by atoms with van der Waals surface area (Å²) in [6, 6.07) is 9.07. The lowest BCUT2D eigenvalue weighted by molar-refractivity contribution is -0.121. The molecule has 162 valence electrons. The lowest BCUT2D eigenvalue weighted by atomic mass is 9.78. The van der Waals surface area contributed by atoms with Gasteiger partial charge in [-0.2, -0.15) is 4.31 Å². The molecule has 0 bridgehead atoms. The van der Waals surface area contributed by atoms with Crippen molar-refractivity contribution in [3.8, 4) is 5.75 Å². The maximum atomic E-state index is 13.6. The number of benzene rings is 2. The van der Waals surface area contributed by atoms with Gasteiger partial charge in [0.1, 0.15) is 5.75 Å². The molecule has 10 heteroatoms. The number of hydrogen-bond acceptors (Lipinski definition) is 4. The Kier molecular flexibility index (Phi) is 6.64. The van der Waals surface area contributed by atoms with Gasteiger partial charge in [0.2, 0.25) is 15.9 Å². The molecule has 1 aliphatic rings. The quantitative estimate of drug-likeness (QED) is 0.689. The first-order valence-electron chi connectivity index (χ1n) is 9.23. The Balaban J connectivity index is 1.84. The van der Waals surface area contributed by atoms with E-state index in [4.69, 9.17) is 22.1 Å². The van der Waals surface area contributed by atoms with Crippen LogP contribution in [0.4, 0.5) is 8.78 Å². The van der Waals surface area contributed by atoms with Gasteiger partial charge < -0.3 is 10.5 Å². The first-order valence-corrected chi connectivity index (χ1v) is 11.1. The van der Waals surface area contributed by atoms with Crippen molar-refractivity contribution in [1.29, 1.82) is 0 Å². The predicted molar refractivity (Wildman–Crippen MR) is 108 cm³/mol. The van der Waals surface area contributed by atoms with E-state index in [9.17, 15) is 22.0 Å². The summed E-state index contributed by atoms with van der Waals surface area (Å²) in [4.78, 5) is 11.4. The molecule has 2 aromatic carbocycles. The Bertz CT molecular complexity index is 1030. The molecule has 1 saturated heterocycles. The third-order valence-corrected chi connectivity index (χ3v) is 7.16. The SMILES string of the molecule is NC(=O)C[C@@]1(COc2ccc(Cl)cc2)CCCN(S(=O)(=O)c2ccc(F)c(F)c2)C1. The third-order valence-electron chi connectivity index (χ3n) is 5.06. The minimum absolute atomic E-state index is 0.0368. The van der Waals surface area contributed by atoms with Crippen LogP contribution in [-0.2, 0) is 14.8 Å². The highest BCUT2D eigenvalue weighted by molar-refractivity contribution is 7.89. The normalized spacial score (nSPS) is 20.1. The van der Waals surface area contributed by atoms with Crippen LogP contribution >= 0.6 is 11.6 Å². The highest BCUT2D eigenvalue weighted by Crippen LogP contribution is 2.37. The number of carbonyl (C=O) groups is 1. The van der Waals surface area contributed by atoms with E-state index in [1.165, 1.54) is 0 Å². The zero-order chi connectivity index (χ0) is 21.9. The molecular formula is C20H21ClF2N2O4S. The fourth-order valence-electron chi connectivity index (χ4n) is 3.60. The molecule has 0 aliphatic carbocycles. The van der Waals surface area contributed by atoms with Crippen LogP contribution in [0.5, 0.6) is 5.75 Å². The largest absolute Gasteiger partial charge is 0.493 e. The number of nitrogens with zero attached hydrogens (tertiary/aromatic N) is 1. The van der Waals surface area contributed by atoms with Gasteiger partial charge in [-0.1, -0.05) is 11.6 Å². The van der Waals surface area contributed by atoms with Gasteiger partial charge in [0.05, 0.1) is 11.5 Å². The number of nitrogens with two attached hydrogens (primary N) is 1. The number of halogens is 3. The number of amides is 1. The van der Waals surface area contributed by atoms with Gasteiger partial charge in [0.25, 0.3) is 0 Å². The smallest absolute Gasteiger partial charge is 0.243 e. The molecule has 1 heterocycles. The maximum absolute atomic E-state index is 13.6. The summed E-state index contributed by atoms with van der Waals surface area (Å²) in [6.45, 7) is 0.203. The van der Waals surface area contributed by atoms with Crippen molar-refractivity contribution in [2.45, 2.75) is 24.2 Å². The van der Waals surface area contributed by atoms with Gasteiger partial charge in [0.15, 0.2) is 11.6 Å². The summed E-state index contributed by atoms with van der Waals surface area (Å²) < 4.78 is 59.8. The molecule has 0 radical (unpaired) electrons. The second-order valence-electron chi connectivity index (χ2n) is 7.40. The molecule has 2 N–H and O–H groups in total. The van der Waals surface area contributed by atoms with Gasteiger partial charge in [-0.05, 0) is 55.3 Å². The number of sulfonamides is 1. The standard InChI is InChI=1S/C20H21ClF2N2O4S/c21-14-2-4-15(5-3-14)29-13-20(11-19(24)26)8-1-9-25(12-20)30(27,28)16-6-7-17(22)18(23)10-16/h2-7,10H,1,8-9,11-13H2,(H2,24,26)/t20-/m0/s1. The van der Waals surface area contributed by atoms with E-state index in [2.05, 4.69) is 0 Å². The average molecular weight is 459 g/mol. The summed E-state index contributed by atoms with van der Waals surface area (Å²) >= 11 is 5.86. The van der Waals surface area contributed by atoms with Crippen LogP contribution in [0.25, 0.3) is 0 Å². The molecule has 0 unspecified atom stereocenters. The Labute approximate surface area is 178 Å². The van der Waals surface area contributed by atoms with E-state index in [0.717, 1.165) is 16.4 Å². The number of primary amides is 1. The zero-order valence-electron chi connectivity index (χ0n) is 16.0. The van der Waals surface area contributed by atoms with Crippen molar-refractivity contribution in [3.05, 3.63) is 59.1 Å². The van der Waals surface area contributed by atoms with Crippen molar-refractivity contribution in [3.63, 3.8) is 0 Å². The fraction of sp³-hybridized carbons (Fsp3) is 0.350. The van der Waals surface area contributed by atoms with Gasteiger partial charge >= 0.3 is 0 Å². The van der Waals surface area contributed by atoms with Crippen LogP contribution in [-0.4, -0.2) is 38.3 Å². The Morgan fingerprint density at radius 2 is 1.87 bits per heavy atom. The van der Waals surface area contributed by atoms with Crippen LogP contribution in [0.15, 0.2) is 47.4 Å². The molecular weight excluding hydrogens is 438 g/mol. The zero-order valence-corrected chi connectivity index (χ0v) is 17.6. The Morgan fingerprint density at radius 1 is 1.17 bits per heavy atom. The van der Waals surface area contributed by atoms with Crippen LogP contribution in [0.3, 0.4) is 0 Å². The second kappa shape index (κ2) is 8.87. The summed E-state index contributed by atoms with van der Waals surface area (Å²) in [6.07, 6.45) is 0.901. The Hall–Kier alpha value is -2.23. The first kappa shape index (κ1) is 22.5. The first-order chi connectivity index (χ1) is 14.1. The molecule has 0 saturated carbocycles. The summed E-state index contributed by atoms with van der Waals surface area (Å²) in [5, 5.41) is 0.538. The minimum atomic E-state index is -4.10. The van der Waals surface area contributed by atoms with Crippen molar-refractivity contribution in [1.82, 2.24) is 4.31 Å². The number of rotatable bonds is 7. The highest BCUT2D eigenvalue weighted by Gasteiger charge is 2.42. The van der Waals surface area contributed by atoms with Crippen molar-refractivity contribution in [2.75, 3.05) is 19.7 Å². The molecule has 1 atom stereocenters. The van der Waals surface area contributed by atoms with Gasteiger partial charge in [-0.3, -0.25) is 4.79 Å². The molecule has 1 fully saturated rings. The molecule has 1 amide bonds. The monoisotopic (exact) mass is 458 g/mol. The summed E-state index contributed by atoms with van der Waals surface area (Å²) in [7, 11) is -4.10. The second-order valence-corrected chi connectivity index (χ2v) is 9.78. The average Bonchev–Trinajstić information content (AvgIpc) is 2.69. The molecule has 2 aromatic rings. The van der Waals surface area contributed by atoms with Crippen LogP contribution in [0, 0.1) is 17.0 Å². The lowest BCUT2D eigenvalue weighted by Gasteiger charge is -2.41. The highest BCUT2D eigenvalue weighted by atomic mass is 35.5. The topological polar surface area (TPSA) is 89.7 Å². The van der Waals surface area contributed by atoms with E-state index in [0.29, 0.717) is 29.7 Å². The van der Waals surface area contributed by atoms with E-state index in [1.54, 1.807) is 24.3 Å². The maximum Gasteiger partial charge on any atom is 0.243 e. The van der Waals surface area contributed by atoms with E-state index < -0.39 is 33.0 Å². The number of ether oxygens (including phenoxy) is 1. The number of piperidine rings is 1. The number of carbonyl (C=O) groups excluding carboxylic acids is 1. The molecule has 0 aromatic heterocycles. The fourth-order valence-corrected chi connectivity index (χ4v) is 5.33. The molecule has 30 heavy (non-hydrogen) atoms. The van der Waals surface area contributed by atoms with Crippen molar-refractivity contribution < 1.29 is 26.7 Å². The van der Waals surface area contributed by atoms with Crippen LogP contribution < -0.4 is 10.5 Å². The molecule has 1 aliphatic heterocycles. The van der Waals surface area contributed by atoms with Gasteiger partial charge in [0, 0.05) is 29.9 Å². The van der Waals surface area contributed by atoms with Gasteiger partial charge in [-0.15, -0.1) is 0 Å². The van der Waals surface area contributed by atoms with Crippen molar-refractivity contribution in [2.24, 2.45) is 11.1 Å². The third kappa shape index (κ3) is 5.08. The Morgan fingerprint density at radius 3 is 2.50 bits per heavy atom. The van der Waals surface area contributed by atoms with Crippen LogP contribution in [0.2, 0.25) is 5.02 Å². The van der Waals surface area contributed by atoms with E-state index in [-0.39, 0.29) is 31.0 Å². The summed E-state index contributed by atoms with van der Waals surface area (Å²) in [5.74, 6) is -2.44. The van der Waals surface area contributed by atoms with Crippen LogP contribution in [0.1, 0.15) is 19.3 Å². The minimum Gasteiger partial charge on any atom is -0.493 e. The van der Waals surface area contributed by atoms with Crippen molar-refractivity contribution >= 4 is 27.5 Å². The lowest BCUT2D eigenvalue weighted by Crippen LogP contribution is -2.50. The van der Waals surface area contributed by atoms with E-state index >= 15 is 0 Å². The van der Waals surface area contributed by atoms with E-state index in [1.807, 2.05) is 0 Å². The molecule has 0 spiro atoms. The number of hydrogen-bond donors (Lipinski definition) is 1. The molecule has 6 nitrogen and oxygen atoms in total. The summed E-state index contributed by atoms with van der Waals surface area (Å²) in [5.41, 5.74) is 4.58.